The number of hydrogen-bond donors (Lipinski definition) is 1. The van der Waals surface area contributed by atoms with Crippen LogP contribution in [0.15, 0.2) is 17.8 Å². The van der Waals surface area contributed by atoms with Gasteiger partial charge in [-0.2, -0.15) is 0 Å². The molecule has 3 rings (SSSR count). The van der Waals surface area contributed by atoms with Crippen LogP contribution < -0.4 is 10.2 Å². The highest BCUT2D eigenvalue weighted by Crippen LogP contribution is 2.20. The molecule has 1 saturated heterocycles. The van der Waals surface area contributed by atoms with Crippen molar-refractivity contribution in [1.82, 2.24) is 19.9 Å². The third-order valence-corrected chi connectivity index (χ3v) is 5.14. The first-order valence-corrected chi connectivity index (χ1v) is 8.90. The monoisotopic (exact) mass is 346 g/mol. The standard InChI is InChI=1S/C16H22N6OS/c1-11(2)16-20-12(9-24-16)7-17-13-6-14(19-10-18-13)22-5-4-21(3)15(23)8-22/h6,9-11H,4-5,7-8H2,1-3H3,(H,17,18,19). The van der Waals surface area contributed by atoms with Gasteiger partial charge in [-0.25, -0.2) is 15.0 Å². The Hall–Kier alpha value is -2.22. The molecule has 1 aliphatic rings. The van der Waals surface area contributed by atoms with Crippen LogP contribution in [0.4, 0.5) is 11.6 Å². The van der Waals surface area contributed by atoms with E-state index in [0.29, 0.717) is 25.6 Å². The van der Waals surface area contributed by atoms with Gasteiger partial charge in [0.25, 0.3) is 0 Å². The summed E-state index contributed by atoms with van der Waals surface area (Å²) in [5.41, 5.74) is 1.01. The van der Waals surface area contributed by atoms with E-state index >= 15 is 0 Å². The number of piperazine rings is 1. The molecule has 1 amide bonds. The minimum absolute atomic E-state index is 0.109. The molecule has 0 unspecified atom stereocenters. The number of likely N-dealkylation sites (N-methyl/N-ethyl adjacent to an activating group) is 1. The smallest absolute Gasteiger partial charge is 0.241 e. The molecule has 1 fully saturated rings. The van der Waals surface area contributed by atoms with Gasteiger partial charge in [0.1, 0.15) is 18.0 Å². The second-order valence-electron chi connectivity index (χ2n) is 6.18. The van der Waals surface area contributed by atoms with Crippen molar-refractivity contribution in [3.8, 4) is 0 Å². The van der Waals surface area contributed by atoms with Gasteiger partial charge in [0.15, 0.2) is 0 Å². The quantitative estimate of drug-likeness (QED) is 0.892. The fraction of sp³-hybridized carbons (Fsp3) is 0.500. The number of carbonyl (C=O) groups is 1. The molecule has 2 aromatic rings. The first-order chi connectivity index (χ1) is 11.5. The topological polar surface area (TPSA) is 74.2 Å². The summed E-state index contributed by atoms with van der Waals surface area (Å²) in [7, 11) is 1.83. The second-order valence-corrected chi connectivity index (χ2v) is 7.07. The van der Waals surface area contributed by atoms with Crippen LogP contribution in [0.1, 0.15) is 30.5 Å². The van der Waals surface area contributed by atoms with Gasteiger partial charge >= 0.3 is 0 Å². The predicted molar refractivity (Wildman–Crippen MR) is 95.4 cm³/mol. The van der Waals surface area contributed by atoms with E-state index in [2.05, 4.69) is 39.5 Å². The Morgan fingerprint density at radius 3 is 2.88 bits per heavy atom. The summed E-state index contributed by atoms with van der Waals surface area (Å²) in [5.74, 6) is 2.07. The number of amides is 1. The van der Waals surface area contributed by atoms with Crippen molar-refractivity contribution in [2.75, 3.05) is 36.9 Å². The average molecular weight is 346 g/mol. The third kappa shape index (κ3) is 3.81. The molecule has 0 radical (unpaired) electrons. The first kappa shape index (κ1) is 16.6. The fourth-order valence-corrected chi connectivity index (χ4v) is 3.26. The molecular formula is C16H22N6OS. The van der Waals surface area contributed by atoms with Gasteiger partial charge in [-0.3, -0.25) is 4.79 Å². The van der Waals surface area contributed by atoms with E-state index in [1.54, 1.807) is 16.2 Å². The maximum absolute atomic E-state index is 11.8. The number of carbonyl (C=O) groups excluding carboxylic acids is 1. The van der Waals surface area contributed by atoms with Crippen LogP contribution in [-0.2, 0) is 11.3 Å². The van der Waals surface area contributed by atoms with Crippen molar-refractivity contribution in [1.29, 1.82) is 0 Å². The first-order valence-electron chi connectivity index (χ1n) is 8.02. The summed E-state index contributed by atoms with van der Waals surface area (Å²) in [6.07, 6.45) is 1.53. The summed E-state index contributed by atoms with van der Waals surface area (Å²) in [4.78, 5) is 28.7. The van der Waals surface area contributed by atoms with Crippen LogP contribution in [0.25, 0.3) is 0 Å². The average Bonchev–Trinajstić information content (AvgIpc) is 3.05. The van der Waals surface area contributed by atoms with Crippen molar-refractivity contribution < 1.29 is 4.79 Å². The molecule has 3 heterocycles. The Labute approximate surface area is 145 Å². The molecule has 1 N–H and O–H groups in total. The van der Waals surface area contributed by atoms with E-state index < -0.39 is 0 Å². The number of nitrogens with zero attached hydrogens (tertiary/aromatic N) is 5. The van der Waals surface area contributed by atoms with Crippen molar-refractivity contribution in [3.05, 3.63) is 28.5 Å². The van der Waals surface area contributed by atoms with Crippen LogP contribution in [0.2, 0.25) is 0 Å². The minimum Gasteiger partial charge on any atom is -0.364 e. The van der Waals surface area contributed by atoms with E-state index in [0.717, 1.165) is 28.9 Å². The lowest BCUT2D eigenvalue weighted by molar-refractivity contribution is -0.129. The lowest BCUT2D eigenvalue weighted by Crippen LogP contribution is -2.48. The minimum atomic E-state index is 0.109. The molecule has 24 heavy (non-hydrogen) atoms. The predicted octanol–water partition coefficient (Wildman–Crippen LogP) is 1.95. The molecule has 8 heteroatoms. The molecule has 128 valence electrons. The normalized spacial score (nSPS) is 15.2. The molecule has 7 nitrogen and oxygen atoms in total. The van der Waals surface area contributed by atoms with Crippen LogP contribution in [0.5, 0.6) is 0 Å². The molecule has 0 bridgehead atoms. The Bertz CT molecular complexity index is 716. The number of aromatic nitrogens is 3. The molecule has 0 aromatic carbocycles. The lowest BCUT2D eigenvalue weighted by atomic mass is 10.2. The fourth-order valence-electron chi connectivity index (χ4n) is 2.42. The van der Waals surface area contributed by atoms with Crippen LogP contribution in [0, 0.1) is 0 Å². The lowest BCUT2D eigenvalue weighted by Gasteiger charge is -2.32. The summed E-state index contributed by atoms with van der Waals surface area (Å²) >= 11 is 1.68. The van der Waals surface area contributed by atoms with E-state index in [1.165, 1.54) is 6.33 Å². The summed E-state index contributed by atoms with van der Waals surface area (Å²) in [6, 6.07) is 1.88. The van der Waals surface area contributed by atoms with Crippen LogP contribution >= 0.6 is 11.3 Å². The Morgan fingerprint density at radius 2 is 2.17 bits per heavy atom. The Morgan fingerprint density at radius 1 is 1.33 bits per heavy atom. The number of anilines is 2. The molecule has 0 atom stereocenters. The highest BCUT2D eigenvalue weighted by Gasteiger charge is 2.22. The molecule has 2 aromatic heterocycles. The zero-order valence-electron chi connectivity index (χ0n) is 14.2. The van der Waals surface area contributed by atoms with Crippen molar-refractivity contribution >= 4 is 28.9 Å². The molecular weight excluding hydrogens is 324 g/mol. The van der Waals surface area contributed by atoms with Gasteiger partial charge in [-0.15, -0.1) is 11.3 Å². The number of hydrogen-bond acceptors (Lipinski definition) is 7. The largest absolute Gasteiger partial charge is 0.364 e. The maximum atomic E-state index is 11.8. The summed E-state index contributed by atoms with van der Waals surface area (Å²) in [6.45, 7) is 6.76. The second kappa shape index (κ2) is 7.12. The van der Waals surface area contributed by atoms with E-state index in [9.17, 15) is 4.79 Å². The van der Waals surface area contributed by atoms with Gasteiger partial charge < -0.3 is 15.1 Å². The van der Waals surface area contributed by atoms with Crippen molar-refractivity contribution in [2.45, 2.75) is 26.3 Å². The summed E-state index contributed by atoms with van der Waals surface area (Å²) < 4.78 is 0. The van der Waals surface area contributed by atoms with Crippen LogP contribution in [0.3, 0.4) is 0 Å². The Balaban J connectivity index is 1.63. The third-order valence-electron chi connectivity index (χ3n) is 3.95. The zero-order chi connectivity index (χ0) is 17.1. The number of thiazole rings is 1. The van der Waals surface area contributed by atoms with Gasteiger partial charge in [0.05, 0.1) is 23.8 Å². The molecule has 0 saturated carbocycles. The van der Waals surface area contributed by atoms with E-state index in [4.69, 9.17) is 0 Å². The number of rotatable bonds is 5. The highest BCUT2D eigenvalue weighted by molar-refractivity contribution is 7.09. The zero-order valence-corrected chi connectivity index (χ0v) is 15.0. The summed E-state index contributed by atoms with van der Waals surface area (Å²) in [5, 5.41) is 6.50. The SMILES string of the molecule is CC(C)c1nc(CNc2cc(N3CCN(C)C(=O)C3)ncn2)cs1. The van der Waals surface area contributed by atoms with Crippen molar-refractivity contribution in [2.24, 2.45) is 0 Å². The van der Waals surface area contributed by atoms with Gasteiger partial charge in [-0.1, -0.05) is 13.8 Å². The molecule has 0 aliphatic carbocycles. The molecule has 0 spiro atoms. The van der Waals surface area contributed by atoms with Gasteiger partial charge in [0.2, 0.25) is 5.91 Å². The highest BCUT2D eigenvalue weighted by atomic mass is 32.1. The Kier molecular flexibility index (Phi) is 4.94. The van der Waals surface area contributed by atoms with Crippen molar-refractivity contribution in [3.63, 3.8) is 0 Å². The maximum Gasteiger partial charge on any atom is 0.241 e. The van der Waals surface area contributed by atoms with Gasteiger partial charge in [0, 0.05) is 37.5 Å². The van der Waals surface area contributed by atoms with E-state index in [1.807, 2.05) is 18.0 Å². The van der Waals surface area contributed by atoms with E-state index in [-0.39, 0.29) is 5.91 Å². The molecule has 1 aliphatic heterocycles. The number of nitrogens with one attached hydrogen (secondary N) is 1. The van der Waals surface area contributed by atoms with Crippen LogP contribution in [-0.4, -0.2) is 52.4 Å². The van der Waals surface area contributed by atoms with Gasteiger partial charge in [-0.05, 0) is 0 Å².